The molecule has 0 fully saturated rings. The van der Waals surface area contributed by atoms with Crippen LogP contribution in [0.15, 0.2) is 78.0 Å². The summed E-state index contributed by atoms with van der Waals surface area (Å²) in [5.74, 6) is 0.597. The van der Waals surface area contributed by atoms with Gasteiger partial charge in [-0.2, -0.15) is 0 Å². The Morgan fingerprint density at radius 2 is 1.57 bits per heavy atom. The second-order valence-electron chi connectivity index (χ2n) is 6.63. The van der Waals surface area contributed by atoms with Gasteiger partial charge in [-0.15, -0.1) is 10.2 Å². The maximum absolute atomic E-state index is 13.5. The van der Waals surface area contributed by atoms with Crippen LogP contribution in [-0.2, 0) is 12.2 Å². The summed E-state index contributed by atoms with van der Waals surface area (Å²) < 4.78 is 34.6. The summed E-state index contributed by atoms with van der Waals surface area (Å²) >= 11 is 1.36. The third-order valence-corrected chi connectivity index (χ3v) is 5.52. The molecule has 0 aliphatic rings. The lowest BCUT2D eigenvalue weighted by atomic mass is 10.1. The van der Waals surface area contributed by atoms with Gasteiger partial charge >= 0.3 is 0 Å². The molecule has 0 amide bonds. The van der Waals surface area contributed by atoms with Crippen LogP contribution in [0.5, 0.6) is 5.75 Å². The van der Waals surface area contributed by atoms with Crippen molar-refractivity contribution in [2.45, 2.75) is 17.3 Å². The van der Waals surface area contributed by atoms with Gasteiger partial charge in [0.2, 0.25) is 0 Å². The number of methoxy groups -OCH3 is 1. The van der Waals surface area contributed by atoms with Gasteiger partial charge in [-0.25, -0.2) is 8.78 Å². The standard InChI is InChI=1S/C23H19F2N3OS/c1-29-21-10-6-5-9-20(21)28-22(13-16-7-3-2-4-8-16)26-27-23(28)30-15-17-11-18(24)14-19(25)12-17/h2-12,14H,13,15H2,1H3. The molecular formula is C23H19F2N3OS. The Labute approximate surface area is 177 Å². The van der Waals surface area contributed by atoms with E-state index in [9.17, 15) is 8.78 Å². The first kappa shape index (κ1) is 20.1. The third-order valence-electron chi connectivity index (χ3n) is 4.52. The lowest BCUT2D eigenvalue weighted by molar-refractivity contribution is 0.411. The van der Waals surface area contributed by atoms with E-state index in [0.717, 1.165) is 23.1 Å². The Bertz CT molecular complexity index is 1130. The van der Waals surface area contributed by atoms with Crippen molar-refractivity contribution in [2.75, 3.05) is 7.11 Å². The Morgan fingerprint density at radius 3 is 2.30 bits per heavy atom. The minimum absolute atomic E-state index is 0.354. The summed E-state index contributed by atoms with van der Waals surface area (Å²) in [5, 5.41) is 9.38. The lowest BCUT2D eigenvalue weighted by Gasteiger charge is -2.14. The van der Waals surface area contributed by atoms with Gasteiger partial charge in [0.15, 0.2) is 5.16 Å². The van der Waals surface area contributed by atoms with Crippen LogP contribution in [0.2, 0.25) is 0 Å². The minimum Gasteiger partial charge on any atom is -0.495 e. The number of nitrogens with zero attached hydrogens (tertiary/aromatic N) is 3. The molecule has 30 heavy (non-hydrogen) atoms. The number of aromatic nitrogens is 3. The van der Waals surface area contributed by atoms with Gasteiger partial charge in [0.05, 0.1) is 12.8 Å². The van der Waals surface area contributed by atoms with E-state index in [-0.39, 0.29) is 0 Å². The maximum atomic E-state index is 13.5. The molecule has 4 aromatic rings. The van der Waals surface area contributed by atoms with E-state index in [4.69, 9.17) is 4.74 Å². The van der Waals surface area contributed by atoms with Crippen molar-refractivity contribution >= 4 is 11.8 Å². The highest BCUT2D eigenvalue weighted by Crippen LogP contribution is 2.31. The van der Waals surface area contributed by atoms with Crippen LogP contribution in [0.3, 0.4) is 0 Å². The van der Waals surface area contributed by atoms with Gasteiger partial charge in [-0.05, 0) is 35.4 Å². The van der Waals surface area contributed by atoms with Crippen LogP contribution in [-0.4, -0.2) is 21.9 Å². The van der Waals surface area contributed by atoms with Crippen LogP contribution >= 0.6 is 11.8 Å². The Balaban J connectivity index is 1.71. The molecule has 152 valence electrons. The van der Waals surface area contributed by atoms with Crippen LogP contribution in [0.25, 0.3) is 5.69 Å². The molecule has 0 bridgehead atoms. The number of thioether (sulfide) groups is 1. The van der Waals surface area contributed by atoms with E-state index in [1.807, 2.05) is 59.2 Å². The lowest BCUT2D eigenvalue weighted by Crippen LogP contribution is -2.05. The molecule has 0 N–H and O–H groups in total. The van der Waals surface area contributed by atoms with E-state index in [1.165, 1.54) is 23.9 Å². The van der Waals surface area contributed by atoms with Crippen LogP contribution in [0, 0.1) is 11.6 Å². The first-order valence-electron chi connectivity index (χ1n) is 9.33. The topological polar surface area (TPSA) is 39.9 Å². The molecule has 0 unspecified atom stereocenters. The molecule has 1 aromatic heterocycles. The number of hydrogen-bond acceptors (Lipinski definition) is 4. The predicted octanol–water partition coefficient (Wildman–Crippen LogP) is 5.44. The molecule has 0 aliphatic heterocycles. The van der Waals surface area contributed by atoms with E-state index in [0.29, 0.717) is 28.6 Å². The zero-order valence-corrected chi connectivity index (χ0v) is 17.1. The molecule has 0 atom stereocenters. The van der Waals surface area contributed by atoms with Crippen molar-refractivity contribution in [3.63, 3.8) is 0 Å². The van der Waals surface area contributed by atoms with Crippen LogP contribution in [0.1, 0.15) is 17.0 Å². The highest BCUT2D eigenvalue weighted by Gasteiger charge is 2.18. The van der Waals surface area contributed by atoms with Gasteiger partial charge < -0.3 is 4.74 Å². The quantitative estimate of drug-likeness (QED) is 0.371. The zero-order valence-electron chi connectivity index (χ0n) is 16.3. The highest BCUT2D eigenvalue weighted by atomic mass is 32.2. The molecule has 1 heterocycles. The van der Waals surface area contributed by atoms with E-state index in [1.54, 1.807) is 7.11 Å². The molecule has 7 heteroatoms. The normalized spacial score (nSPS) is 10.9. The van der Waals surface area contributed by atoms with Gasteiger partial charge in [0.25, 0.3) is 0 Å². The zero-order chi connectivity index (χ0) is 20.9. The van der Waals surface area contributed by atoms with Crippen molar-refractivity contribution in [1.82, 2.24) is 14.8 Å². The van der Waals surface area contributed by atoms with Crippen molar-refractivity contribution in [3.05, 3.63) is 101 Å². The smallest absolute Gasteiger partial charge is 0.196 e. The van der Waals surface area contributed by atoms with Gasteiger partial charge in [0.1, 0.15) is 23.2 Å². The Morgan fingerprint density at radius 1 is 0.867 bits per heavy atom. The molecule has 0 saturated heterocycles. The third kappa shape index (κ3) is 4.52. The fourth-order valence-electron chi connectivity index (χ4n) is 3.19. The summed E-state index contributed by atoms with van der Waals surface area (Å²) in [7, 11) is 1.61. The maximum Gasteiger partial charge on any atom is 0.196 e. The Hall–Kier alpha value is -3.19. The van der Waals surface area contributed by atoms with E-state index in [2.05, 4.69) is 10.2 Å². The molecule has 0 spiro atoms. The van der Waals surface area contributed by atoms with E-state index >= 15 is 0 Å². The summed E-state index contributed by atoms with van der Waals surface area (Å²) in [6.07, 6.45) is 0.584. The number of para-hydroxylation sites is 2. The number of ether oxygens (including phenoxy) is 1. The summed E-state index contributed by atoms with van der Waals surface area (Å²) in [6, 6.07) is 21.1. The van der Waals surface area contributed by atoms with Crippen molar-refractivity contribution in [3.8, 4) is 11.4 Å². The largest absolute Gasteiger partial charge is 0.495 e. The molecular weight excluding hydrogens is 404 g/mol. The summed E-state index contributed by atoms with van der Waals surface area (Å²) in [6.45, 7) is 0. The van der Waals surface area contributed by atoms with Crippen molar-refractivity contribution in [2.24, 2.45) is 0 Å². The van der Waals surface area contributed by atoms with Crippen molar-refractivity contribution < 1.29 is 13.5 Å². The van der Waals surface area contributed by atoms with Crippen LogP contribution < -0.4 is 4.74 Å². The second kappa shape index (κ2) is 9.09. The predicted molar refractivity (Wildman–Crippen MR) is 113 cm³/mol. The van der Waals surface area contributed by atoms with Gasteiger partial charge in [-0.3, -0.25) is 4.57 Å². The minimum atomic E-state index is -0.596. The summed E-state index contributed by atoms with van der Waals surface area (Å²) in [5.41, 5.74) is 2.45. The molecule has 0 radical (unpaired) electrons. The van der Waals surface area contributed by atoms with Gasteiger partial charge in [0, 0.05) is 18.2 Å². The van der Waals surface area contributed by atoms with E-state index < -0.39 is 11.6 Å². The monoisotopic (exact) mass is 423 g/mol. The molecule has 0 saturated carbocycles. The van der Waals surface area contributed by atoms with Gasteiger partial charge in [-0.1, -0.05) is 54.2 Å². The number of rotatable bonds is 7. The van der Waals surface area contributed by atoms with Crippen molar-refractivity contribution in [1.29, 1.82) is 0 Å². The SMILES string of the molecule is COc1ccccc1-n1c(Cc2ccccc2)nnc1SCc1cc(F)cc(F)c1. The van der Waals surface area contributed by atoms with Crippen LogP contribution in [0.4, 0.5) is 8.78 Å². The molecule has 4 rings (SSSR count). The first-order chi connectivity index (χ1) is 14.6. The number of hydrogen-bond donors (Lipinski definition) is 0. The number of halogens is 2. The first-order valence-corrected chi connectivity index (χ1v) is 10.3. The Kier molecular flexibility index (Phi) is 6.09. The summed E-state index contributed by atoms with van der Waals surface area (Å²) in [4.78, 5) is 0. The average Bonchev–Trinajstić information content (AvgIpc) is 3.14. The fourth-order valence-corrected chi connectivity index (χ4v) is 4.08. The fraction of sp³-hybridized carbons (Fsp3) is 0.130. The average molecular weight is 423 g/mol. The second-order valence-corrected chi connectivity index (χ2v) is 7.58. The molecule has 0 aliphatic carbocycles. The number of benzene rings is 3. The molecule has 4 nitrogen and oxygen atoms in total. The molecule has 3 aromatic carbocycles. The highest BCUT2D eigenvalue weighted by molar-refractivity contribution is 7.98.